The monoisotopic (exact) mass is 119 g/mol. The lowest BCUT2D eigenvalue weighted by atomic mass is 10.6. The second kappa shape index (κ2) is 2.92. The number of halogens is 1. The Morgan fingerprint density at radius 3 is 2.29 bits per heavy atom. The van der Waals surface area contributed by atoms with Gasteiger partial charge in [-0.3, -0.25) is 0 Å². The Kier molecular flexibility index (Phi) is 2.84. The average Bonchev–Trinajstić information content (AvgIpc) is 1.65. The summed E-state index contributed by atoms with van der Waals surface area (Å²) >= 11 is 5.58. The van der Waals surface area contributed by atoms with Crippen molar-refractivity contribution >= 4 is 11.6 Å². The molecule has 0 aliphatic carbocycles. The first-order chi connectivity index (χ1) is 3.18. The van der Waals surface area contributed by atoms with Crippen molar-refractivity contribution in [3.63, 3.8) is 0 Å². The molecular formula is C5H10ClN. The number of rotatable bonds is 2. The van der Waals surface area contributed by atoms with Gasteiger partial charge in [-0.2, -0.15) is 0 Å². The lowest BCUT2D eigenvalue weighted by Gasteiger charge is -2.14. The van der Waals surface area contributed by atoms with Crippen LogP contribution in [0.5, 0.6) is 0 Å². The molecule has 1 atom stereocenters. The van der Waals surface area contributed by atoms with E-state index in [0.717, 1.165) is 0 Å². The molecule has 0 aliphatic heterocycles. The molecule has 0 saturated carbocycles. The molecule has 7 heavy (non-hydrogen) atoms. The van der Waals surface area contributed by atoms with E-state index < -0.39 is 0 Å². The van der Waals surface area contributed by atoms with Crippen molar-refractivity contribution in [1.82, 2.24) is 4.90 Å². The fourth-order valence-corrected chi connectivity index (χ4v) is 0.225. The largest absolute Gasteiger partial charge is 0.365 e. The van der Waals surface area contributed by atoms with E-state index in [9.17, 15) is 0 Å². The quantitative estimate of drug-likeness (QED) is 0.395. The van der Waals surface area contributed by atoms with E-state index >= 15 is 0 Å². The van der Waals surface area contributed by atoms with Crippen molar-refractivity contribution in [3.8, 4) is 0 Å². The Balaban J connectivity index is 3.33. The van der Waals surface area contributed by atoms with Gasteiger partial charge in [-0.05, 0) is 13.1 Å². The van der Waals surface area contributed by atoms with Crippen molar-refractivity contribution in [1.29, 1.82) is 0 Å². The molecule has 2 heteroatoms. The topological polar surface area (TPSA) is 3.24 Å². The van der Waals surface area contributed by atoms with Gasteiger partial charge in [0.05, 0.1) is 0 Å². The third kappa shape index (κ3) is 2.52. The minimum Gasteiger partial charge on any atom is -0.365 e. The van der Waals surface area contributed by atoms with Crippen LogP contribution in [0.1, 0.15) is 6.92 Å². The highest BCUT2D eigenvalue weighted by molar-refractivity contribution is 6.20. The maximum atomic E-state index is 5.58. The van der Waals surface area contributed by atoms with Crippen LogP contribution in [-0.4, -0.2) is 17.4 Å². The van der Waals surface area contributed by atoms with E-state index in [1.807, 2.05) is 18.9 Å². The highest BCUT2D eigenvalue weighted by atomic mass is 35.5. The number of hydrogen-bond donors (Lipinski definition) is 0. The molecule has 0 radical (unpaired) electrons. The molecule has 0 spiro atoms. The van der Waals surface area contributed by atoms with Gasteiger partial charge in [0.1, 0.15) is 5.50 Å². The Bertz CT molecular complexity index is 61.1. The van der Waals surface area contributed by atoms with Crippen molar-refractivity contribution in [2.45, 2.75) is 12.4 Å². The van der Waals surface area contributed by atoms with Crippen LogP contribution in [0.2, 0.25) is 0 Å². The van der Waals surface area contributed by atoms with Gasteiger partial charge in [-0.25, -0.2) is 0 Å². The fourth-order valence-electron chi connectivity index (χ4n) is 0.145. The summed E-state index contributed by atoms with van der Waals surface area (Å²) < 4.78 is 0. The normalized spacial score (nSPS) is 13.0. The Morgan fingerprint density at radius 1 is 1.86 bits per heavy atom. The van der Waals surface area contributed by atoms with E-state index in [0.29, 0.717) is 0 Å². The molecule has 0 aliphatic rings. The van der Waals surface area contributed by atoms with Crippen LogP contribution in [-0.2, 0) is 0 Å². The summed E-state index contributed by atoms with van der Waals surface area (Å²) in [5.74, 6) is 0. The molecule has 1 unspecified atom stereocenters. The number of nitrogens with zero attached hydrogens (tertiary/aromatic N) is 1. The maximum absolute atomic E-state index is 5.58. The zero-order valence-corrected chi connectivity index (χ0v) is 5.44. The van der Waals surface area contributed by atoms with E-state index in [4.69, 9.17) is 11.6 Å². The molecule has 0 aromatic rings. The molecule has 0 bridgehead atoms. The lowest BCUT2D eigenvalue weighted by Crippen LogP contribution is -2.16. The van der Waals surface area contributed by atoms with Gasteiger partial charge in [0, 0.05) is 7.05 Å². The molecular weight excluding hydrogens is 110 g/mol. The minimum atomic E-state index is 0.0532. The highest BCUT2D eigenvalue weighted by Crippen LogP contribution is 1.97. The molecule has 0 fully saturated rings. The van der Waals surface area contributed by atoms with Gasteiger partial charge in [-0.15, -0.1) is 0 Å². The zero-order valence-electron chi connectivity index (χ0n) is 4.69. The number of alkyl halides is 1. The molecule has 0 rings (SSSR count). The minimum absolute atomic E-state index is 0.0532. The Labute approximate surface area is 49.6 Å². The van der Waals surface area contributed by atoms with E-state index in [-0.39, 0.29) is 5.50 Å². The van der Waals surface area contributed by atoms with Gasteiger partial charge < -0.3 is 4.90 Å². The zero-order chi connectivity index (χ0) is 5.86. The van der Waals surface area contributed by atoms with Crippen molar-refractivity contribution < 1.29 is 0 Å². The van der Waals surface area contributed by atoms with Crippen molar-refractivity contribution in [2.75, 3.05) is 7.05 Å². The van der Waals surface area contributed by atoms with E-state index in [1.54, 1.807) is 6.20 Å². The van der Waals surface area contributed by atoms with Gasteiger partial charge in [-0.1, -0.05) is 18.2 Å². The van der Waals surface area contributed by atoms with Crippen LogP contribution in [0.3, 0.4) is 0 Å². The molecule has 42 valence electrons. The highest BCUT2D eigenvalue weighted by Gasteiger charge is 1.94. The van der Waals surface area contributed by atoms with Gasteiger partial charge >= 0.3 is 0 Å². The summed E-state index contributed by atoms with van der Waals surface area (Å²) in [6.45, 7) is 5.42. The van der Waals surface area contributed by atoms with Crippen LogP contribution >= 0.6 is 11.6 Å². The first-order valence-corrected chi connectivity index (χ1v) is 2.60. The van der Waals surface area contributed by atoms with E-state index in [1.165, 1.54) is 0 Å². The Hall–Kier alpha value is -0.170. The summed E-state index contributed by atoms with van der Waals surface area (Å²) in [6, 6.07) is 0. The summed E-state index contributed by atoms with van der Waals surface area (Å²) in [5.41, 5.74) is 0.0532. The maximum Gasteiger partial charge on any atom is 0.100 e. The van der Waals surface area contributed by atoms with Crippen LogP contribution in [0.15, 0.2) is 12.8 Å². The van der Waals surface area contributed by atoms with Gasteiger partial charge in [0.25, 0.3) is 0 Å². The summed E-state index contributed by atoms with van der Waals surface area (Å²) in [5, 5.41) is 0. The fraction of sp³-hybridized carbons (Fsp3) is 0.600. The number of hydrogen-bond acceptors (Lipinski definition) is 1. The first kappa shape index (κ1) is 6.83. The second-order valence-corrected chi connectivity index (χ2v) is 2.05. The van der Waals surface area contributed by atoms with Crippen molar-refractivity contribution in [2.24, 2.45) is 0 Å². The summed E-state index contributed by atoms with van der Waals surface area (Å²) in [4.78, 5) is 1.82. The van der Waals surface area contributed by atoms with Crippen LogP contribution in [0.4, 0.5) is 0 Å². The standard InChI is InChI=1S/C5H10ClN/c1-4-7(3)5(2)6/h4-5H,1H2,2-3H3. The van der Waals surface area contributed by atoms with Crippen LogP contribution < -0.4 is 0 Å². The second-order valence-electron chi connectivity index (χ2n) is 1.42. The van der Waals surface area contributed by atoms with Gasteiger partial charge in [0.2, 0.25) is 0 Å². The molecule has 0 amide bonds. The SMILES string of the molecule is C=CN(C)C(C)Cl. The van der Waals surface area contributed by atoms with Crippen LogP contribution in [0, 0.1) is 0 Å². The predicted molar refractivity (Wildman–Crippen MR) is 33.3 cm³/mol. The molecule has 0 heterocycles. The average molecular weight is 120 g/mol. The van der Waals surface area contributed by atoms with E-state index in [2.05, 4.69) is 6.58 Å². The Morgan fingerprint density at radius 2 is 2.29 bits per heavy atom. The third-order valence-electron chi connectivity index (χ3n) is 0.849. The predicted octanol–water partition coefficient (Wildman–Crippen LogP) is 1.65. The third-order valence-corrected chi connectivity index (χ3v) is 1.16. The molecule has 0 aromatic carbocycles. The lowest BCUT2D eigenvalue weighted by molar-refractivity contribution is 0.444. The first-order valence-electron chi connectivity index (χ1n) is 2.17. The van der Waals surface area contributed by atoms with Crippen molar-refractivity contribution in [3.05, 3.63) is 12.8 Å². The smallest absolute Gasteiger partial charge is 0.100 e. The summed E-state index contributed by atoms with van der Waals surface area (Å²) in [6.07, 6.45) is 1.69. The molecule has 0 N–H and O–H groups in total. The molecule has 0 saturated heterocycles. The molecule has 0 aromatic heterocycles. The van der Waals surface area contributed by atoms with Crippen LogP contribution in [0.25, 0.3) is 0 Å². The summed E-state index contributed by atoms with van der Waals surface area (Å²) in [7, 11) is 1.88. The molecule has 1 nitrogen and oxygen atoms in total. The van der Waals surface area contributed by atoms with Gasteiger partial charge in [0.15, 0.2) is 0 Å².